The van der Waals surface area contributed by atoms with Gasteiger partial charge in [0.25, 0.3) is 0 Å². The zero-order valence-corrected chi connectivity index (χ0v) is 9.13. The first-order chi connectivity index (χ1) is 6.85. The van der Waals surface area contributed by atoms with Gasteiger partial charge in [-0.3, -0.25) is 0 Å². The molecule has 2 nitrogen and oxygen atoms in total. The number of unbranched alkanes of at least 4 members (excludes halogenated alkanes) is 5. The van der Waals surface area contributed by atoms with E-state index in [0.717, 1.165) is 18.4 Å². The molecule has 0 aromatic heterocycles. The highest BCUT2D eigenvalue weighted by atomic mass is 16.2. The highest BCUT2D eigenvalue weighted by Crippen LogP contribution is 2.10. The Morgan fingerprint density at radius 3 is 2.43 bits per heavy atom. The summed E-state index contributed by atoms with van der Waals surface area (Å²) in [7, 11) is 0. The summed E-state index contributed by atoms with van der Waals surface area (Å²) < 4.78 is 0. The van der Waals surface area contributed by atoms with Crippen LogP contribution in [0.25, 0.3) is 0 Å². The van der Waals surface area contributed by atoms with E-state index in [1.54, 1.807) is 6.08 Å². The third-order valence-electron chi connectivity index (χ3n) is 2.28. The van der Waals surface area contributed by atoms with E-state index in [-0.39, 0.29) is 6.61 Å². The molecule has 80 valence electrons. The number of rotatable bonds is 8. The summed E-state index contributed by atoms with van der Waals surface area (Å²) in [5.41, 5.74) is 0.725. The number of nitriles is 1. The van der Waals surface area contributed by atoms with Crippen molar-refractivity contribution in [1.29, 1.82) is 5.26 Å². The Labute approximate surface area is 87.3 Å². The molecule has 0 heterocycles. The SMILES string of the molecule is CCCCCCCC/C(C#N)=C/CO. The van der Waals surface area contributed by atoms with Crippen LogP contribution in [0.15, 0.2) is 11.6 Å². The highest BCUT2D eigenvalue weighted by Gasteiger charge is 1.95. The zero-order valence-electron chi connectivity index (χ0n) is 9.13. The Bertz CT molecular complexity index is 191. The molecule has 0 saturated carbocycles. The van der Waals surface area contributed by atoms with Crippen molar-refractivity contribution < 1.29 is 5.11 Å². The second-order valence-corrected chi connectivity index (χ2v) is 3.54. The van der Waals surface area contributed by atoms with Crippen molar-refractivity contribution in [3.8, 4) is 6.07 Å². The monoisotopic (exact) mass is 195 g/mol. The van der Waals surface area contributed by atoms with E-state index in [9.17, 15) is 0 Å². The molecule has 0 aliphatic carbocycles. The summed E-state index contributed by atoms with van der Waals surface area (Å²) in [6, 6.07) is 2.11. The fourth-order valence-corrected chi connectivity index (χ4v) is 1.41. The van der Waals surface area contributed by atoms with E-state index in [4.69, 9.17) is 10.4 Å². The van der Waals surface area contributed by atoms with Gasteiger partial charge in [0.05, 0.1) is 12.7 Å². The minimum Gasteiger partial charge on any atom is -0.392 e. The molecule has 0 aromatic rings. The van der Waals surface area contributed by atoms with Crippen molar-refractivity contribution in [1.82, 2.24) is 0 Å². The second-order valence-electron chi connectivity index (χ2n) is 3.54. The van der Waals surface area contributed by atoms with Crippen molar-refractivity contribution in [2.75, 3.05) is 6.61 Å². The van der Waals surface area contributed by atoms with Gasteiger partial charge in [0.1, 0.15) is 0 Å². The number of hydrogen-bond donors (Lipinski definition) is 1. The minimum absolute atomic E-state index is 0.0152. The van der Waals surface area contributed by atoms with Crippen LogP contribution in [0.4, 0.5) is 0 Å². The topological polar surface area (TPSA) is 44.0 Å². The molecule has 0 unspecified atom stereocenters. The van der Waals surface area contributed by atoms with Gasteiger partial charge in [-0.25, -0.2) is 0 Å². The van der Waals surface area contributed by atoms with Crippen LogP contribution < -0.4 is 0 Å². The van der Waals surface area contributed by atoms with Crippen molar-refractivity contribution in [2.45, 2.75) is 51.9 Å². The molecule has 0 rings (SSSR count). The summed E-state index contributed by atoms with van der Waals surface area (Å²) in [6.45, 7) is 2.19. The number of aliphatic hydroxyl groups excluding tert-OH is 1. The van der Waals surface area contributed by atoms with Gasteiger partial charge in [-0.15, -0.1) is 0 Å². The highest BCUT2D eigenvalue weighted by molar-refractivity contribution is 5.20. The molecular weight excluding hydrogens is 174 g/mol. The van der Waals surface area contributed by atoms with Crippen LogP contribution in [0.1, 0.15) is 51.9 Å². The smallest absolute Gasteiger partial charge is 0.0944 e. The van der Waals surface area contributed by atoms with Gasteiger partial charge >= 0.3 is 0 Å². The van der Waals surface area contributed by atoms with Crippen molar-refractivity contribution in [3.63, 3.8) is 0 Å². The van der Waals surface area contributed by atoms with Crippen LogP contribution in [0.5, 0.6) is 0 Å². The van der Waals surface area contributed by atoms with Crippen molar-refractivity contribution in [3.05, 3.63) is 11.6 Å². The number of allylic oxidation sites excluding steroid dienone is 1. The fourth-order valence-electron chi connectivity index (χ4n) is 1.41. The normalized spacial score (nSPS) is 11.4. The van der Waals surface area contributed by atoms with Gasteiger partial charge in [0.2, 0.25) is 0 Å². The van der Waals surface area contributed by atoms with E-state index < -0.39 is 0 Å². The van der Waals surface area contributed by atoms with Crippen molar-refractivity contribution in [2.24, 2.45) is 0 Å². The fraction of sp³-hybridized carbons (Fsp3) is 0.750. The van der Waals surface area contributed by atoms with Crippen LogP contribution in [-0.2, 0) is 0 Å². The molecule has 2 heteroatoms. The van der Waals surface area contributed by atoms with E-state index in [1.165, 1.54) is 32.1 Å². The maximum Gasteiger partial charge on any atom is 0.0944 e. The van der Waals surface area contributed by atoms with Crippen LogP contribution >= 0.6 is 0 Å². The molecule has 0 aliphatic heterocycles. The maximum atomic E-state index is 8.67. The van der Waals surface area contributed by atoms with Gasteiger partial charge in [-0.2, -0.15) is 5.26 Å². The molecule has 14 heavy (non-hydrogen) atoms. The molecule has 0 aliphatic rings. The summed E-state index contributed by atoms with van der Waals surface area (Å²) in [6.07, 6.45) is 9.86. The zero-order chi connectivity index (χ0) is 10.6. The maximum absolute atomic E-state index is 8.67. The van der Waals surface area contributed by atoms with Gasteiger partial charge in [0, 0.05) is 5.57 Å². The Hall–Kier alpha value is -0.810. The van der Waals surface area contributed by atoms with Crippen molar-refractivity contribution >= 4 is 0 Å². The first-order valence-electron chi connectivity index (χ1n) is 5.55. The molecule has 0 aromatic carbocycles. The molecule has 0 atom stereocenters. The number of nitrogens with zero attached hydrogens (tertiary/aromatic N) is 1. The standard InChI is InChI=1S/C12H21NO/c1-2-3-4-5-6-7-8-12(11-13)9-10-14/h9,14H,2-8,10H2,1H3/b12-9-. The third kappa shape index (κ3) is 7.82. The van der Waals surface area contributed by atoms with E-state index >= 15 is 0 Å². The molecule has 0 radical (unpaired) electrons. The molecule has 0 fully saturated rings. The Morgan fingerprint density at radius 1 is 1.21 bits per heavy atom. The average Bonchev–Trinajstić information content (AvgIpc) is 2.21. The predicted molar refractivity (Wildman–Crippen MR) is 58.8 cm³/mol. The van der Waals surface area contributed by atoms with Gasteiger partial charge in [-0.1, -0.05) is 39.0 Å². The number of hydrogen-bond acceptors (Lipinski definition) is 2. The average molecular weight is 195 g/mol. The van der Waals surface area contributed by atoms with E-state index in [1.807, 2.05) is 0 Å². The van der Waals surface area contributed by atoms with E-state index in [0.29, 0.717) is 0 Å². The minimum atomic E-state index is -0.0152. The molecule has 1 N–H and O–H groups in total. The van der Waals surface area contributed by atoms with Crippen LogP contribution in [0.2, 0.25) is 0 Å². The molecule has 0 spiro atoms. The molecule has 0 amide bonds. The molecule has 0 saturated heterocycles. The summed E-state index contributed by atoms with van der Waals surface area (Å²) in [4.78, 5) is 0. The summed E-state index contributed by atoms with van der Waals surface area (Å²) in [5.74, 6) is 0. The third-order valence-corrected chi connectivity index (χ3v) is 2.28. The Balaban J connectivity index is 3.35. The lowest BCUT2D eigenvalue weighted by molar-refractivity contribution is 0.341. The largest absolute Gasteiger partial charge is 0.392 e. The lowest BCUT2D eigenvalue weighted by Crippen LogP contribution is -1.85. The lowest BCUT2D eigenvalue weighted by Gasteiger charge is -1.99. The summed E-state index contributed by atoms with van der Waals surface area (Å²) >= 11 is 0. The number of aliphatic hydroxyl groups is 1. The van der Waals surface area contributed by atoms with Crippen LogP contribution in [0, 0.1) is 11.3 Å². The molecular formula is C12H21NO. The van der Waals surface area contributed by atoms with E-state index in [2.05, 4.69) is 13.0 Å². The quantitative estimate of drug-likeness (QED) is 0.477. The first-order valence-corrected chi connectivity index (χ1v) is 5.55. The van der Waals surface area contributed by atoms with Crippen LogP contribution in [-0.4, -0.2) is 11.7 Å². The summed E-state index contributed by atoms with van der Waals surface area (Å²) in [5, 5.41) is 17.3. The second kappa shape index (κ2) is 10.3. The Morgan fingerprint density at radius 2 is 1.86 bits per heavy atom. The van der Waals surface area contributed by atoms with Crippen LogP contribution in [0.3, 0.4) is 0 Å². The Kier molecular flexibility index (Phi) is 9.68. The first kappa shape index (κ1) is 13.2. The predicted octanol–water partition coefficient (Wildman–Crippen LogP) is 3.18. The lowest BCUT2D eigenvalue weighted by atomic mass is 10.1. The van der Waals surface area contributed by atoms with Gasteiger partial charge in [0.15, 0.2) is 0 Å². The van der Waals surface area contributed by atoms with Gasteiger partial charge in [-0.05, 0) is 18.9 Å². The molecule has 0 bridgehead atoms. The van der Waals surface area contributed by atoms with Gasteiger partial charge < -0.3 is 5.11 Å².